The summed E-state index contributed by atoms with van der Waals surface area (Å²) in [4.78, 5) is 6.73. The highest BCUT2D eigenvalue weighted by Crippen LogP contribution is 2.34. The number of aromatic nitrogens is 4. The van der Waals surface area contributed by atoms with Crippen molar-refractivity contribution in [3.63, 3.8) is 0 Å². The standard InChI is InChI=1S/C22H22N6/c1-2-7-18(8-3-1)24-19-10-11-21-22(25-26-28(21)16-19)20-9-5-13-27(20)15-17-6-4-12-23-14-17/h1-4,6-8,10-12,14,16,20,24H,5,9,13,15H2. The van der Waals surface area contributed by atoms with E-state index in [-0.39, 0.29) is 0 Å². The quantitative estimate of drug-likeness (QED) is 0.570. The van der Waals surface area contributed by atoms with Crippen LogP contribution in [0.1, 0.15) is 30.1 Å². The van der Waals surface area contributed by atoms with Gasteiger partial charge in [-0.1, -0.05) is 29.5 Å². The van der Waals surface area contributed by atoms with Gasteiger partial charge < -0.3 is 5.32 Å². The molecule has 0 saturated carbocycles. The van der Waals surface area contributed by atoms with Crippen LogP contribution in [-0.2, 0) is 6.54 Å². The fourth-order valence-corrected chi connectivity index (χ4v) is 3.96. The lowest BCUT2D eigenvalue weighted by atomic mass is 10.1. The van der Waals surface area contributed by atoms with E-state index in [1.165, 1.54) is 12.0 Å². The highest BCUT2D eigenvalue weighted by Gasteiger charge is 2.29. The van der Waals surface area contributed by atoms with Crippen LogP contribution in [0, 0.1) is 0 Å². The third-order valence-corrected chi connectivity index (χ3v) is 5.29. The van der Waals surface area contributed by atoms with E-state index in [9.17, 15) is 0 Å². The van der Waals surface area contributed by atoms with Gasteiger partial charge >= 0.3 is 0 Å². The SMILES string of the molecule is c1ccc(Nc2ccc3c(C4CCCN4Cc4cccnc4)nnn3c2)cc1. The van der Waals surface area contributed by atoms with Gasteiger partial charge in [0.1, 0.15) is 5.69 Å². The third-order valence-electron chi connectivity index (χ3n) is 5.29. The number of fused-ring (bicyclic) bond motifs is 1. The van der Waals surface area contributed by atoms with Gasteiger partial charge in [-0.2, -0.15) is 0 Å². The van der Waals surface area contributed by atoms with E-state index in [1.807, 2.05) is 59.5 Å². The number of para-hydroxylation sites is 1. The first-order valence-electron chi connectivity index (χ1n) is 9.67. The van der Waals surface area contributed by atoms with Gasteiger partial charge in [-0.15, -0.1) is 5.10 Å². The number of anilines is 2. The minimum absolute atomic E-state index is 0.297. The Morgan fingerprint density at radius 1 is 1.00 bits per heavy atom. The van der Waals surface area contributed by atoms with Gasteiger partial charge in [0.2, 0.25) is 0 Å². The summed E-state index contributed by atoms with van der Waals surface area (Å²) in [6, 6.07) is 18.8. The molecule has 140 valence electrons. The van der Waals surface area contributed by atoms with Crippen molar-refractivity contribution in [2.75, 3.05) is 11.9 Å². The number of hydrogen-bond donors (Lipinski definition) is 1. The predicted molar refractivity (Wildman–Crippen MR) is 109 cm³/mol. The molecule has 1 aliphatic heterocycles. The Kier molecular flexibility index (Phi) is 4.47. The van der Waals surface area contributed by atoms with Crippen molar-refractivity contribution in [2.45, 2.75) is 25.4 Å². The normalized spacial score (nSPS) is 17.2. The van der Waals surface area contributed by atoms with Gasteiger partial charge in [0.05, 0.1) is 23.4 Å². The second-order valence-electron chi connectivity index (χ2n) is 7.20. The minimum Gasteiger partial charge on any atom is -0.354 e. The molecule has 0 amide bonds. The molecule has 6 heteroatoms. The highest BCUT2D eigenvalue weighted by molar-refractivity contribution is 5.63. The zero-order valence-corrected chi connectivity index (χ0v) is 15.6. The largest absolute Gasteiger partial charge is 0.354 e. The Labute approximate surface area is 163 Å². The fraction of sp³-hybridized carbons (Fsp3) is 0.227. The summed E-state index contributed by atoms with van der Waals surface area (Å²) >= 11 is 0. The molecule has 0 spiro atoms. The molecular weight excluding hydrogens is 348 g/mol. The zero-order chi connectivity index (χ0) is 18.8. The molecule has 4 aromatic rings. The highest BCUT2D eigenvalue weighted by atomic mass is 15.4. The molecule has 1 saturated heterocycles. The summed E-state index contributed by atoms with van der Waals surface area (Å²) < 4.78 is 1.88. The van der Waals surface area contributed by atoms with Crippen LogP contribution in [0.4, 0.5) is 11.4 Å². The first kappa shape index (κ1) is 16.9. The molecule has 3 aromatic heterocycles. The number of benzene rings is 1. The summed E-state index contributed by atoms with van der Waals surface area (Å²) in [5.74, 6) is 0. The monoisotopic (exact) mass is 370 g/mol. The van der Waals surface area contributed by atoms with Crippen LogP contribution in [0.5, 0.6) is 0 Å². The second kappa shape index (κ2) is 7.40. The molecule has 4 heterocycles. The Hall–Kier alpha value is -3.25. The molecule has 1 unspecified atom stereocenters. The van der Waals surface area contributed by atoms with E-state index in [1.54, 1.807) is 0 Å². The van der Waals surface area contributed by atoms with Gasteiger partial charge in [0.15, 0.2) is 0 Å². The van der Waals surface area contributed by atoms with Gasteiger partial charge in [-0.05, 0) is 55.3 Å². The smallest absolute Gasteiger partial charge is 0.108 e. The van der Waals surface area contributed by atoms with Crippen LogP contribution in [0.15, 0.2) is 73.2 Å². The summed E-state index contributed by atoms with van der Waals surface area (Å²) in [5.41, 5.74) is 5.42. The predicted octanol–water partition coefficient (Wildman–Crippen LogP) is 4.21. The van der Waals surface area contributed by atoms with E-state index in [0.29, 0.717) is 6.04 Å². The van der Waals surface area contributed by atoms with E-state index >= 15 is 0 Å². The fourth-order valence-electron chi connectivity index (χ4n) is 3.96. The number of likely N-dealkylation sites (tertiary alicyclic amines) is 1. The van der Waals surface area contributed by atoms with Crippen molar-refractivity contribution in [1.82, 2.24) is 24.7 Å². The maximum Gasteiger partial charge on any atom is 0.108 e. The summed E-state index contributed by atoms with van der Waals surface area (Å²) in [5, 5.41) is 12.4. The van der Waals surface area contributed by atoms with Gasteiger partial charge in [-0.25, -0.2) is 4.52 Å². The van der Waals surface area contributed by atoms with Gasteiger partial charge in [0.25, 0.3) is 0 Å². The van der Waals surface area contributed by atoms with Crippen LogP contribution in [0.25, 0.3) is 5.52 Å². The van der Waals surface area contributed by atoms with E-state index in [4.69, 9.17) is 0 Å². The number of nitrogens with zero attached hydrogens (tertiary/aromatic N) is 5. The number of hydrogen-bond acceptors (Lipinski definition) is 5. The van der Waals surface area contributed by atoms with Crippen LogP contribution in [-0.4, -0.2) is 31.3 Å². The molecule has 5 rings (SSSR count). The minimum atomic E-state index is 0.297. The molecule has 0 aliphatic carbocycles. The van der Waals surface area contributed by atoms with Crippen molar-refractivity contribution in [2.24, 2.45) is 0 Å². The molecule has 0 bridgehead atoms. The maximum atomic E-state index is 4.55. The molecule has 0 radical (unpaired) electrons. The zero-order valence-electron chi connectivity index (χ0n) is 15.6. The Bertz CT molecular complexity index is 1060. The van der Waals surface area contributed by atoms with Crippen LogP contribution < -0.4 is 5.32 Å². The van der Waals surface area contributed by atoms with Crippen molar-refractivity contribution >= 4 is 16.9 Å². The average Bonchev–Trinajstić information content (AvgIpc) is 3.36. The number of pyridine rings is 2. The van der Waals surface area contributed by atoms with E-state index in [0.717, 1.165) is 42.1 Å². The van der Waals surface area contributed by atoms with Crippen molar-refractivity contribution in [1.29, 1.82) is 0 Å². The Morgan fingerprint density at radius 2 is 1.93 bits per heavy atom. The summed E-state index contributed by atoms with van der Waals surface area (Å²) in [6.07, 6.45) is 8.05. The Morgan fingerprint density at radius 3 is 2.79 bits per heavy atom. The topological polar surface area (TPSA) is 58.3 Å². The lowest BCUT2D eigenvalue weighted by Gasteiger charge is -2.22. The maximum absolute atomic E-state index is 4.55. The number of nitrogens with one attached hydrogen (secondary N) is 1. The van der Waals surface area contributed by atoms with E-state index in [2.05, 4.69) is 43.7 Å². The van der Waals surface area contributed by atoms with Crippen molar-refractivity contribution < 1.29 is 0 Å². The number of rotatable bonds is 5. The third kappa shape index (κ3) is 3.34. The van der Waals surface area contributed by atoms with Crippen molar-refractivity contribution in [3.05, 3.63) is 84.4 Å². The average molecular weight is 370 g/mol. The van der Waals surface area contributed by atoms with Crippen LogP contribution in [0.3, 0.4) is 0 Å². The molecule has 1 N–H and O–H groups in total. The second-order valence-corrected chi connectivity index (χ2v) is 7.20. The molecular formula is C22H22N6. The van der Waals surface area contributed by atoms with Gasteiger partial charge in [-0.3, -0.25) is 9.88 Å². The van der Waals surface area contributed by atoms with Crippen LogP contribution >= 0.6 is 0 Å². The molecule has 28 heavy (non-hydrogen) atoms. The van der Waals surface area contributed by atoms with Crippen LogP contribution in [0.2, 0.25) is 0 Å². The Balaban J connectivity index is 1.40. The first-order valence-corrected chi connectivity index (χ1v) is 9.67. The molecule has 6 nitrogen and oxygen atoms in total. The first-order chi connectivity index (χ1) is 13.9. The molecule has 1 atom stereocenters. The summed E-state index contributed by atoms with van der Waals surface area (Å²) in [7, 11) is 0. The summed E-state index contributed by atoms with van der Waals surface area (Å²) in [6.45, 7) is 1.97. The van der Waals surface area contributed by atoms with Crippen molar-refractivity contribution in [3.8, 4) is 0 Å². The molecule has 1 aromatic carbocycles. The van der Waals surface area contributed by atoms with E-state index < -0.39 is 0 Å². The lowest BCUT2D eigenvalue weighted by molar-refractivity contribution is 0.245. The molecule has 1 fully saturated rings. The molecule has 1 aliphatic rings. The van der Waals surface area contributed by atoms with Gasteiger partial charge in [0, 0.05) is 24.6 Å². The lowest BCUT2D eigenvalue weighted by Crippen LogP contribution is -2.23.